The summed E-state index contributed by atoms with van der Waals surface area (Å²) in [4.78, 5) is 22.2. The van der Waals surface area contributed by atoms with Gasteiger partial charge < -0.3 is 15.7 Å². The Morgan fingerprint density at radius 2 is 2.16 bits per heavy atom. The van der Waals surface area contributed by atoms with E-state index in [1.54, 1.807) is 0 Å². The minimum atomic E-state index is -1.12. The molecule has 0 atom stereocenters. The molecule has 0 aliphatic heterocycles. The van der Waals surface area contributed by atoms with Gasteiger partial charge in [-0.25, -0.2) is 9.59 Å². The van der Waals surface area contributed by atoms with Crippen molar-refractivity contribution in [1.29, 1.82) is 0 Å². The van der Waals surface area contributed by atoms with E-state index in [9.17, 15) is 9.59 Å². The summed E-state index contributed by atoms with van der Waals surface area (Å²) in [5, 5.41) is 14.0. The van der Waals surface area contributed by atoms with Gasteiger partial charge in [-0.2, -0.15) is 0 Å². The van der Waals surface area contributed by atoms with Crippen molar-refractivity contribution in [2.75, 3.05) is 11.9 Å². The van der Waals surface area contributed by atoms with Crippen LogP contribution in [0, 0.1) is 12.3 Å². The summed E-state index contributed by atoms with van der Waals surface area (Å²) in [6.45, 7) is 0.469. The van der Waals surface area contributed by atoms with Crippen LogP contribution in [0.5, 0.6) is 0 Å². The summed E-state index contributed by atoms with van der Waals surface area (Å²) in [5.74, 6) is 1.36. The molecular formula is C13H13ClN2O3. The average molecular weight is 281 g/mol. The number of halogens is 1. The Balaban J connectivity index is 2.54. The first kappa shape index (κ1) is 14.9. The van der Waals surface area contributed by atoms with E-state index in [4.69, 9.17) is 23.1 Å². The number of anilines is 1. The number of hydrogen-bond acceptors (Lipinski definition) is 2. The number of carbonyl (C=O) groups excluding carboxylic acids is 1. The molecule has 1 aromatic rings. The maximum atomic E-state index is 11.5. The van der Waals surface area contributed by atoms with Gasteiger partial charge in [0.2, 0.25) is 0 Å². The Bertz CT molecular complexity index is 523. The molecule has 0 aliphatic carbocycles. The van der Waals surface area contributed by atoms with Gasteiger partial charge in [-0.3, -0.25) is 0 Å². The van der Waals surface area contributed by atoms with Gasteiger partial charge in [-0.15, -0.1) is 12.3 Å². The van der Waals surface area contributed by atoms with E-state index in [0.717, 1.165) is 0 Å². The monoisotopic (exact) mass is 280 g/mol. The van der Waals surface area contributed by atoms with Crippen molar-refractivity contribution in [1.82, 2.24) is 5.32 Å². The van der Waals surface area contributed by atoms with Gasteiger partial charge in [0.25, 0.3) is 0 Å². The highest BCUT2D eigenvalue weighted by molar-refractivity contribution is 6.33. The highest BCUT2D eigenvalue weighted by Crippen LogP contribution is 2.20. The third kappa shape index (κ3) is 4.90. The third-order valence-corrected chi connectivity index (χ3v) is 2.55. The lowest BCUT2D eigenvalue weighted by molar-refractivity contribution is 0.0697. The van der Waals surface area contributed by atoms with Crippen molar-refractivity contribution < 1.29 is 14.7 Å². The van der Waals surface area contributed by atoms with E-state index in [1.807, 2.05) is 0 Å². The second-order valence-corrected chi connectivity index (χ2v) is 4.10. The van der Waals surface area contributed by atoms with E-state index in [-0.39, 0.29) is 10.6 Å². The zero-order valence-corrected chi connectivity index (χ0v) is 10.8. The first-order valence-electron chi connectivity index (χ1n) is 5.55. The maximum Gasteiger partial charge on any atom is 0.337 e. The van der Waals surface area contributed by atoms with Crippen LogP contribution >= 0.6 is 11.6 Å². The smallest absolute Gasteiger partial charge is 0.337 e. The molecule has 0 aromatic heterocycles. The molecule has 0 radical (unpaired) electrons. The Labute approximate surface area is 116 Å². The standard InChI is InChI=1S/C13H13ClN2O3/c1-2-3-4-7-15-13(19)16-9-5-6-10(12(17)18)11(14)8-9/h1,5-6,8H,3-4,7H2,(H,17,18)(H2,15,16,19). The number of carboxylic acid groups (broad SMARTS) is 1. The Kier molecular flexibility index (Phi) is 5.71. The summed E-state index contributed by atoms with van der Waals surface area (Å²) >= 11 is 5.78. The first-order chi connectivity index (χ1) is 9.04. The molecule has 0 aliphatic rings. The molecule has 0 spiro atoms. The minimum Gasteiger partial charge on any atom is -0.478 e. The molecule has 6 heteroatoms. The van der Waals surface area contributed by atoms with Crippen LogP contribution in [-0.2, 0) is 0 Å². The number of benzene rings is 1. The van der Waals surface area contributed by atoms with Crippen LogP contribution in [-0.4, -0.2) is 23.7 Å². The van der Waals surface area contributed by atoms with Gasteiger partial charge in [0, 0.05) is 18.7 Å². The van der Waals surface area contributed by atoms with Gasteiger partial charge in [-0.1, -0.05) is 11.6 Å². The van der Waals surface area contributed by atoms with E-state index < -0.39 is 12.0 Å². The Hall–Kier alpha value is -2.19. The van der Waals surface area contributed by atoms with Crippen LogP contribution < -0.4 is 10.6 Å². The van der Waals surface area contributed by atoms with Crippen LogP contribution in [0.25, 0.3) is 0 Å². The number of aromatic carboxylic acids is 1. The lowest BCUT2D eigenvalue weighted by atomic mass is 10.2. The summed E-state index contributed by atoms with van der Waals surface area (Å²) in [5.41, 5.74) is 0.408. The van der Waals surface area contributed by atoms with E-state index in [0.29, 0.717) is 25.1 Å². The van der Waals surface area contributed by atoms with Crippen molar-refractivity contribution in [2.24, 2.45) is 0 Å². The molecule has 19 heavy (non-hydrogen) atoms. The zero-order chi connectivity index (χ0) is 14.3. The van der Waals surface area contributed by atoms with E-state index >= 15 is 0 Å². The van der Waals surface area contributed by atoms with Crippen molar-refractivity contribution in [3.8, 4) is 12.3 Å². The topological polar surface area (TPSA) is 78.4 Å². The number of hydrogen-bond donors (Lipinski definition) is 3. The fourth-order valence-corrected chi connectivity index (χ4v) is 1.60. The first-order valence-corrected chi connectivity index (χ1v) is 5.93. The SMILES string of the molecule is C#CCCCNC(=O)Nc1ccc(C(=O)O)c(Cl)c1. The van der Waals surface area contributed by atoms with Crippen LogP contribution in [0.15, 0.2) is 18.2 Å². The van der Waals surface area contributed by atoms with Crippen LogP contribution in [0.1, 0.15) is 23.2 Å². The second kappa shape index (κ2) is 7.29. The number of carbonyl (C=O) groups is 2. The zero-order valence-electron chi connectivity index (χ0n) is 10.1. The molecular weight excluding hydrogens is 268 g/mol. The number of carboxylic acids is 1. The van der Waals surface area contributed by atoms with Crippen LogP contribution in [0.2, 0.25) is 5.02 Å². The summed E-state index contributed by atoms with van der Waals surface area (Å²) in [7, 11) is 0. The van der Waals surface area contributed by atoms with Crippen molar-refractivity contribution >= 4 is 29.3 Å². The lowest BCUT2D eigenvalue weighted by Crippen LogP contribution is -2.29. The van der Waals surface area contributed by atoms with Crippen molar-refractivity contribution in [2.45, 2.75) is 12.8 Å². The van der Waals surface area contributed by atoms with Gasteiger partial charge in [0.15, 0.2) is 0 Å². The Morgan fingerprint density at radius 1 is 1.42 bits per heavy atom. The van der Waals surface area contributed by atoms with Crippen molar-refractivity contribution in [3.05, 3.63) is 28.8 Å². The second-order valence-electron chi connectivity index (χ2n) is 3.69. The summed E-state index contributed by atoms with van der Waals surface area (Å²) in [6.07, 6.45) is 6.38. The maximum absolute atomic E-state index is 11.5. The molecule has 0 saturated heterocycles. The normalized spacial score (nSPS) is 9.47. The van der Waals surface area contributed by atoms with E-state index in [1.165, 1.54) is 18.2 Å². The quantitative estimate of drug-likeness (QED) is 0.573. The number of terminal acetylenes is 1. The molecule has 0 unspecified atom stereocenters. The molecule has 3 N–H and O–H groups in total. The highest BCUT2D eigenvalue weighted by atomic mass is 35.5. The number of nitrogens with one attached hydrogen (secondary N) is 2. The van der Waals surface area contributed by atoms with Crippen LogP contribution in [0.3, 0.4) is 0 Å². The Morgan fingerprint density at radius 3 is 2.74 bits per heavy atom. The van der Waals surface area contributed by atoms with Gasteiger partial charge in [-0.05, 0) is 24.6 Å². The van der Waals surface area contributed by atoms with Crippen molar-refractivity contribution in [3.63, 3.8) is 0 Å². The molecule has 2 amide bonds. The molecule has 0 saturated carbocycles. The third-order valence-electron chi connectivity index (χ3n) is 2.24. The van der Waals surface area contributed by atoms with Gasteiger partial charge in [0.05, 0.1) is 10.6 Å². The van der Waals surface area contributed by atoms with Crippen LogP contribution in [0.4, 0.5) is 10.5 Å². The summed E-state index contributed by atoms with van der Waals surface area (Å²) in [6, 6.07) is 3.79. The fourth-order valence-electron chi connectivity index (χ4n) is 1.33. The highest BCUT2D eigenvalue weighted by Gasteiger charge is 2.09. The molecule has 100 valence electrons. The largest absolute Gasteiger partial charge is 0.478 e. The number of unbranched alkanes of at least 4 members (excludes halogenated alkanes) is 1. The number of amides is 2. The molecule has 1 aromatic carbocycles. The van der Waals surface area contributed by atoms with E-state index in [2.05, 4.69) is 16.6 Å². The van der Waals surface area contributed by atoms with Gasteiger partial charge in [0.1, 0.15) is 0 Å². The molecule has 0 bridgehead atoms. The summed E-state index contributed by atoms with van der Waals surface area (Å²) < 4.78 is 0. The fraction of sp³-hybridized carbons (Fsp3) is 0.231. The molecule has 1 rings (SSSR count). The predicted molar refractivity (Wildman–Crippen MR) is 73.5 cm³/mol. The predicted octanol–water partition coefficient (Wildman–Crippen LogP) is 2.57. The molecule has 5 nitrogen and oxygen atoms in total. The lowest BCUT2D eigenvalue weighted by Gasteiger charge is -2.08. The van der Waals surface area contributed by atoms with Gasteiger partial charge >= 0.3 is 12.0 Å². The number of urea groups is 1. The average Bonchev–Trinajstić information content (AvgIpc) is 2.34. The molecule has 0 heterocycles. The number of rotatable bonds is 5. The molecule has 0 fully saturated rings. The minimum absolute atomic E-state index is 0.0124.